The molecule has 1 heterocycles. The molecular formula is C20H37F3O7SSi2. The van der Waals surface area contributed by atoms with E-state index in [1.165, 1.54) is 0 Å². The van der Waals surface area contributed by atoms with Gasteiger partial charge >= 0.3 is 21.6 Å². The number of carbonyl (C=O) groups excluding carboxylic acids is 1. The van der Waals surface area contributed by atoms with Crippen molar-refractivity contribution in [1.82, 2.24) is 0 Å². The molecule has 0 radical (unpaired) electrons. The molecule has 1 aliphatic carbocycles. The van der Waals surface area contributed by atoms with Gasteiger partial charge in [-0.15, -0.1) is 0 Å². The lowest BCUT2D eigenvalue weighted by Gasteiger charge is -2.43. The number of halogens is 3. The lowest BCUT2D eigenvalue weighted by Crippen LogP contribution is -2.53. The zero-order valence-electron chi connectivity index (χ0n) is 21.0. The summed E-state index contributed by atoms with van der Waals surface area (Å²) in [6.07, 6.45) is 4.08. The van der Waals surface area contributed by atoms with E-state index in [2.05, 4.69) is 67.7 Å². The van der Waals surface area contributed by atoms with Gasteiger partial charge in [-0.3, -0.25) is 4.55 Å². The summed E-state index contributed by atoms with van der Waals surface area (Å²) in [7, 11) is -9.85. The Morgan fingerprint density at radius 3 is 1.82 bits per heavy atom. The molecule has 0 saturated carbocycles. The van der Waals surface area contributed by atoms with Crippen molar-refractivity contribution in [1.29, 1.82) is 0 Å². The first-order valence-electron chi connectivity index (χ1n) is 10.6. The molecule has 1 N–H and O–H groups in total. The first kappa shape index (κ1) is 30.3. The van der Waals surface area contributed by atoms with Crippen molar-refractivity contribution in [3.05, 3.63) is 12.2 Å². The Bertz CT molecular complexity index is 872. The molecule has 1 aliphatic heterocycles. The first-order valence-corrected chi connectivity index (χ1v) is 17.8. The van der Waals surface area contributed by atoms with E-state index in [-0.39, 0.29) is 28.3 Å². The molecule has 194 valence electrons. The van der Waals surface area contributed by atoms with Gasteiger partial charge in [-0.1, -0.05) is 47.6 Å². The summed E-state index contributed by atoms with van der Waals surface area (Å²) in [6, 6.07) is 0. The highest BCUT2D eigenvalue weighted by Gasteiger charge is 2.58. The maximum absolute atomic E-state index is 12.7. The van der Waals surface area contributed by atoms with Gasteiger partial charge in [-0.05, 0) is 42.3 Å². The highest BCUT2D eigenvalue weighted by atomic mass is 32.2. The van der Waals surface area contributed by atoms with Crippen molar-refractivity contribution in [2.24, 2.45) is 0 Å². The van der Waals surface area contributed by atoms with E-state index in [4.69, 9.17) is 26.6 Å². The van der Waals surface area contributed by atoms with E-state index in [0.29, 0.717) is 6.42 Å². The molecule has 33 heavy (non-hydrogen) atoms. The van der Waals surface area contributed by atoms with Crippen LogP contribution >= 0.6 is 0 Å². The van der Waals surface area contributed by atoms with Crippen molar-refractivity contribution in [2.75, 3.05) is 0 Å². The van der Waals surface area contributed by atoms with E-state index >= 15 is 0 Å². The van der Waals surface area contributed by atoms with Gasteiger partial charge < -0.3 is 13.6 Å². The van der Waals surface area contributed by atoms with Crippen LogP contribution in [0.25, 0.3) is 0 Å². The van der Waals surface area contributed by atoms with Gasteiger partial charge in [-0.2, -0.15) is 21.6 Å². The normalized spacial score (nSPS) is 26.5. The topological polar surface area (TPSA) is 99.1 Å². The Morgan fingerprint density at radius 2 is 1.45 bits per heavy atom. The van der Waals surface area contributed by atoms with Crippen molar-refractivity contribution < 1.29 is 44.5 Å². The fourth-order valence-corrected chi connectivity index (χ4v) is 5.43. The summed E-state index contributed by atoms with van der Waals surface area (Å²) < 4.78 is 76.3. The SMILES string of the molecule is CC(C)(C)[Si](C)(C)O[C@H]1C=C[C@]2(O[Si](C)(C)C(C)(C)C)C[C@H]1OC2=O.O=S(=O)(O)C(F)(F)F. The average Bonchev–Trinajstić information content (AvgIpc) is 2.78. The summed E-state index contributed by atoms with van der Waals surface area (Å²) >= 11 is 0. The zero-order chi connectivity index (χ0) is 26.5. The van der Waals surface area contributed by atoms with Crippen LogP contribution in [0.1, 0.15) is 48.0 Å². The van der Waals surface area contributed by atoms with Gasteiger partial charge in [0.1, 0.15) is 12.2 Å². The van der Waals surface area contributed by atoms with Crippen molar-refractivity contribution >= 4 is 32.7 Å². The minimum atomic E-state index is -5.84. The summed E-state index contributed by atoms with van der Waals surface area (Å²) in [5.41, 5.74) is -6.45. The summed E-state index contributed by atoms with van der Waals surface area (Å²) in [6.45, 7) is 22.0. The molecule has 2 aliphatic rings. The van der Waals surface area contributed by atoms with Crippen LogP contribution < -0.4 is 0 Å². The van der Waals surface area contributed by atoms with Crippen LogP contribution in [0.15, 0.2) is 12.2 Å². The molecular weight excluding hydrogens is 497 g/mol. The molecule has 13 heteroatoms. The van der Waals surface area contributed by atoms with Crippen LogP contribution in [-0.2, 0) is 28.5 Å². The van der Waals surface area contributed by atoms with E-state index in [0.717, 1.165) is 0 Å². The number of hydrogen-bond donors (Lipinski definition) is 1. The van der Waals surface area contributed by atoms with E-state index in [9.17, 15) is 18.0 Å². The Balaban J connectivity index is 0.000000582. The van der Waals surface area contributed by atoms with Gasteiger partial charge in [-0.25, -0.2) is 4.79 Å². The average molecular weight is 535 g/mol. The molecule has 1 fully saturated rings. The number of ether oxygens (including phenoxy) is 1. The molecule has 2 bridgehead atoms. The van der Waals surface area contributed by atoms with Gasteiger partial charge in [0.05, 0.1) is 0 Å². The lowest BCUT2D eigenvalue weighted by molar-refractivity contribution is -0.151. The van der Waals surface area contributed by atoms with Gasteiger partial charge in [0, 0.05) is 6.42 Å². The predicted molar refractivity (Wildman–Crippen MR) is 124 cm³/mol. The second-order valence-corrected chi connectivity index (χ2v) is 22.4. The fraction of sp³-hybridized carbons (Fsp3) is 0.850. The standard InChI is InChI=1S/C19H36O4Si2.CHF3O3S/c1-17(2,3)24(7,8)22-14-11-12-19(13-15(14)21-16(19)20)23-25(9,10)18(4,5)6;2-1(3,4)8(5,6)7/h11-12,14-15H,13H2,1-10H3;(H,5,6,7)/t14-,15+,19-;/m0./s1. The van der Waals surface area contributed by atoms with E-state index < -0.39 is 37.9 Å². The Hall–Kier alpha value is -0.736. The van der Waals surface area contributed by atoms with Crippen LogP contribution in [0, 0.1) is 0 Å². The molecule has 0 aromatic rings. The first-order chi connectivity index (χ1) is 14.3. The van der Waals surface area contributed by atoms with Gasteiger partial charge in [0.25, 0.3) is 0 Å². The summed E-state index contributed by atoms with van der Waals surface area (Å²) in [4.78, 5) is 12.7. The minimum Gasteiger partial charge on any atom is -0.457 e. The molecule has 0 spiro atoms. The molecule has 0 aromatic carbocycles. The fourth-order valence-electron chi connectivity index (χ4n) is 2.71. The minimum absolute atomic E-state index is 0.0441. The molecule has 3 atom stereocenters. The number of alkyl halides is 3. The second-order valence-electron chi connectivity index (χ2n) is 11.5. The monoisotopic (exact) mass is 534 g/mol. The highest BCUT2D eigenvalue weighted by molar-refractivity contribution is 7.86. The molecule has 2 rings (SSSR count). The van der Waals surface area contributed by atoms with Crippen molar-refractivity contribution in [2.45, 2.75) is 108 Å². The van der Waals surface area contributed by atoms with Crippen LogP contribution in [-0.4, -0.2) is 58.9 Å². The zero-order valence-corrected chi connectivity index (χ0v) is 23.8. The molecule has 0 aromatic heterocycles. The summed E-state index contributed by atoms with van der Waals surface area (Å²) in [5, 5.41) is 0.165. The van der Waals surface area contributed by atoms with Crippen LogP contribution in [0.3, 0.4) is 0 Å². The Labute approximate surface area is 197 Å². The molecule has 1 saturated heterocycles. The van der Waals surface area contributed by atoms with E-state index in [1.54, 1.807) is 0 Å². The highest BCUT2D eigenvalue weighted by Crippen LogP contribution is 2.46. The Morgan fingerprint density at radius 1 is 1.03 bits per heavy atom. The van der Waals surface area contributed by atoms with E-state index in [1.807, 2.05) is 12.2 Å². The third kappa shape index (κ3) is 6.91. The quantitative estimate of drug-likeness (QED) is 0.169. The van der Waals surface area contributed by atoms with Crippen LogP contribution in [0.4, 0.5) is 13.2 Å². The second kappa shape index (κ2) is 9.05. The van der Waals surface area contributed by atoms with Gasteiger partial charge in [0.2, 0.25) is 0 Å². The predicted octanol–water partition coefficient (Wildman–Crippen LogP) is 5.42. The van der Waals surface area contributed by atoms with Gasteiger partial charge in [0.15, 0.2) is 22.2 Å². The van der Waals surface area contributed by atoms with Crippen LogP contribution in [0.2, 0.25) is 36.3 Å². The lowest BCUT2D eigenvalue weighted by atomic mass is 9.91. The third-order valence-corrected chi connectivity index (χ3v) is 16.3. The maximum atomic E-state index is 12.7. The van der Waals surface area contributed by atoms with Crippen molar-refractivity contribution in [3.63, 3.8) is 0 Å². The van der Waals surface area contributed by atoms with Crippen molar-refractivity contribution in [3.8, 4) is 0 Å². The maximum Gasteiger partial charge on any atom is 0.522 e. The largest absolute Gasteiger partial charge is 0.522 e. The number of rotatable bonds is 4. The number of fused-ring (bicyclic) bond motifs is 2. The molecule has 7 nitrogen and oxygen atoms in total. The summed E-state index contributed by atoms with van der Waals surface area (Å²) in [5.74, 6) is -0.250. The smallest absolute Gasteiger partial charge is 0.457 e. The number of carbonyl (C=O) groups is 1. The molecule has 0 amide bonds. The third-order valence-electron chi connectivity index (χ3n) is 6.80. The number of hydrogen-bond acceptors (Lipinski definition) is 6. The Kier molecular flexibility index (Phi) is 8.30. The molecule has 0 unspecified atom stereocenters. The number of esters is 1. The van der Waals surface area contributed by atoms with Crippen LogP contribution in [0.5, 0.6) is 0 Å².